The second-order valence-electron chi connectivity index (χ2n) is 5.90. The van der Waals surface area contributed by atoms with Gasteiger partial charge in [-0.1, -0.05) is 0 Å². The Hall–Kier alpha value is -0.0513. The van der Waals surface area contributed by atoms with Crippen LogP contribution in [0.15, 0.2) is 18.2 Å². The first-order valence-corrected chi connectivity index (χ1v) is 15.6. The predicted molar refractivity (Wildman–Crippen MR) is 88.9 cm³/mol. The molecule has 0 aliphatic rings. The van der Waals surface area contributed by atoms with Crippen molar-refractivity contribution in [3.8, 4) is 0 Å². The number of pyridine rings is 1. The summed E-state index contributed by atoms with van der Waals surface area (Å²) in [4.78, 5) is 4.96. The fourth-order valence-electron chi connectivity index (χ4n) is 3.11. The summed E-state index contributed by atoms with van der Waals surface area (Å²) in [7, 11) is 0. The fourth-order valence-corrected chi connectivity index (χ4v) is 18.5. The van der Waals surface area contributed by atoms with Gasteiger partial charge in [0.05, 0.1) is 0 Å². The van der Waals surface area contributed by atoms with Crippen molar-refractivity contribution < 1.29 is 0 Å². The first-order chi connectivity index (χ1) is 9.18. The van der Waals surface area contributed by atoms with Crippen LogP contribution in [-0.4, -0.2) is 23.4 Å². The van der Waals surface area contributed by atoms with Crippen LogP contribution in [0.25, 0.3) is 0 Å². The van der Waals surface area contributed by atoms with Gasteiger partial charge >= 0.3 is 124 Å². The van der Waals surface area contributed by atoms with Crippen molar-refractivity contribution in [3.63, 3.8) is 0 Å². The Labute approximate surface area is 124 Å². The van der Waals surface area contributed by atoms with E-state index >= 15 is 0 Å². The molecule has 108 valence electrons. The van der Waals surface area contributed by atoms with Gasteiger partial charge in [-0.05, 0) is 0 Å². The zero-order valence-electron chi connectivity index (χ0n) is 13.3. The van der Waals surface area contributed by atoms with E-state index in [1.807, 2.05) is 0 Å². The van der Waals surface area contributed by atoms with Crippen LogP contribution in [0.3, 0.4) is 0 Å². The Morgan fingerprint density at radius 3 is 2.00 bits per heavy atom. The van der Waals surface area contributed by atoms with Crippen LogP contribution in [0, 0.1) is 6.92 Å². The number of aryl methyl sites for hydroxylation is 1. The van der Waals surface area contributed by atoms with Gasteiger partial charge in [0, 0.05) is 0 Å². The van der Waals surface area contributed by atoms with Gasteiger partial charge in [0.15, 0.2) is 0 Å². The van der Waals surface area contributed by atoms with Crippen LogP contribution in [0.4, 0.5) is 0 Å². The van der Waals surface area contributed by atoms with Crippen molar-refractivity contribution in [2.75, 3.05) is 0 Å². The average Bonchev–Trinajstić information content (AvgIpc) is 2.42. The molecule has 0 fully saturated rings. The number of nitrogens with zero attached hydrogens (tertiary/aromatic N) is 1. The minimum absolute atomic E-state index is 1.21. The number of aromatic nitrogens is 1. The molecular formula is C17H31NSn. The third-order valence-corrected chi connectivity index (χ3v) is 19.7. The maximum absolute atomic E-state index is 4.96. The molecule has 0 amide bonds. The zero-order valence-corrected chi connectivity index (χ0v) is 16.2. The van der Waals surface area contributed by atoms with E-state index in [0.29, 0.717) is 0 Å². The Morgan fingerprint density at radius 1 is 0.895 bits per heavy atom. The molecule has 1 nitrogen and oxygen atoms in total. The van der Waals surface area contributed by atoms with Crippen molar-refractivity contribution in [2.24, 2.45) is 0 Å². The molecule has 0 unspecified atom stereocenters. The second kappa shape index (κ2) is 8.99. The van der Waals surface area contributed by atoms with Crippen molar-refractivity contribution in [1.82, 2.24) is 4.98 Å². The Morgan fingerprint density at radius 2 is 1.53 bits per heavy atom. The normalized spacial score (nSPS) is 11.8. The van der Waals surface area contributed by atoms with Crippen LogP contribution in [0.2, 0.25) is 13.3 Å². The summed E-state index contributed by atoms with van der Waals surface area (Å²) < 4.78 is 6.06. The molecule has 0 spiro atoms. The van der Waals surface area contributed by atoms with Gasteiger partial charge < -0.3 is 0 Å². The molecule has 0 aliphatic heterocycles. The summed E-state index contributed by atoms with van der Waals surface area (Å²) in [6.07, 6.45) is 6.84. The van der Waals surface area contributed by atoms with Gasteiger partial charge in [0.25, 0.3) is 0 Å². The SMILES string of the molecule is CCC[CH2][Sn]([CH2]CC)([CH2]CCC)[c]1cccc(C)n1. The second-order valence-corrected chi connectivity index (χ2v) is 19.0. The van der Waals surface area contributed by atoms with Gasteiger partial charge in [0.1, 0.15) is 0 Å². The summed E-state index contributed by atoms with van der Waals surface area (Å²) in [6, 6.07) is 6.73. The predicted octanol–water partition coefficient (Wildman–Crippen LogP) is 5.06. The average molecular weight is 368 g/mol. The fraction of sp³-hybridized carbons (Fsp3) is 0.706. The summed E-state index contributed by atoms with van der Waals surface area (Å²) in [5.74, 6) is 0. The van der Waals surface area contributed by atoms with E-state index in [1.54, 1.807) is 3.71 Å². The quantitative estimate of drug-likeness (QED) is 0.556. The number of hydrogen-bond acceptors (Lipinski definition) is 1. The molecule has 0 N–H and O–H groups in total. The van der Waals surface area contributed by atoms with Crippen molar-refractivity contribution in [2.45, 2.75) is 73.1 Å². The molecule has 2 heteroatoms. The summed E-state index contributed by atoms with van der Waals surface area (Å²) in [5, 5.41) is 0. The van der Waals surface area contributed by atoms with Gasteiger partial charge in [-0.25, -0.2) is 0 Å². The molecule has 0 radical (unpaired) electrons. The summed E-state index contributed by atoms with van der Waals surface area (Å²) in [5.41, 5.74) is 1.21. The first-order valence-electron chi connectivity index (χ1n) is 8.12. The Balaban J connectivity index is 3.04. The molecule has 0 aromatic carbocycles. The molecular weight excluding hydrogens is 337 g/mol. The number of rotatable bonds is 9. The van der Waals surface area contributed by atoms with Gasteiger partial charge in [-0.15, -0.1) is 0 Å². The van der Waals surface area contributed by atoms with E-state index in [9.17, 15) is 0 Å². The topological polar surface area (TPSA) is 12.9 Å². The molecule has 0 bridgehead atoms. The van der Waals surface area contributed by atoms with Crippen molar-refractivity contribution in [3.05, 3.63) is 23.9 Å². The molecule has 0 saturated carbocycles. The molecule has 1 aromatic heterocycles. The van der Waals surface area contributed by atoms with E-state index in [-0.39, 0.29) is 0 Å². The molecule has 1 rings (SSSR count). The van der Waals surface area contributed by atoms with Crippen LogP contribution < -0.4 is 3.71 Å². The van der Waals surface area contributed by atoms with E-state index in [4.69, 9.17) is 4.98 Å². The van der Waals surface area contributed by atoms with E-state index in [0.717, 1.165) is 0 Å². The zero-order chi connectivity index (χ0) is 14.1. The number of hydrogen-bond donors (Lipinski definition) is 0. The molecule has 1 aromatic rings. The molecule has 0 saturated heterocycles. The van der Waals surface area contributed by atoms with Crippen LogP contribution in [0.5, 0.6) is 0 Å². The third-order valence-electron chi connectivity index (χ3n) is 4.18. The van der Waals surface area contributed by atoms with E-state index in [1.165, 1.54) is 51.1 Å². The van der Waals surface area contributed by atoms with Gasteiger partial charge in [0.2, 0.25) is 0 Å². The third kappa shape index (κ3) is 5.09. The molecule has 0 aliphatic carbocycles. The molecule has 19 heavy (non-hydrogen) atoms. The standard InChI is InChI=1S/C6H6N.2C4H9.C3H7.Sn/c1-6-4-2-3-5-7-6;2*1-3-4-2;1-3-2;/h2-4H,1H3;2*1,3-4H2,2H3;1,3H2,2H3;. The minimum atomic E-state index is -2.22. The molecule has 0 atom stereocenters. The van der Waals surface area contributed by atoms with Crippen LogP contribution >= 0.6 is 0 Å². The van der Waals surface area contributed by atoms with Gasteiger partial charge in [-0.2, -0.15) is 0 Å². The van der Waals surface area contributed by atoms with Crippen molar-refractivity contribution >= 4 is 22.1 Å². The molecule has 1 heterocycles. The van der Waals surface area contributed by atoms with Crippen molar-refractivity contribution in [1.29, 1.82) is 0 Å². The van der Waals surface area contributed by atoms with Crippen LogP contribution in [0.1, 0.15) is 58.6 Å². The first kappa shape index (κ1) is 17.0. The summed E-state index contributed by atoms with van der Waals surface area (Å²) in [6.45, 7) is 9.16. The van der Waals surface area contributed by atoms with E-state index < -0.39 is 18.4 Å². The van der Waals surface area contributed by atoms with E-state index in [2.05, 4.69) is 45.9 Å². The summed E-state index contributed by atoms with van der Waals surface area (Å²) >= 11 is -2.22. The maximum atomic E-state index is 4.96. The number of unbranched alkanes of at least 4 members (excludes halogenated alkanes) is 2. The Kier molecular flexibility index (Phi) is 8.04. The van der Waals surface area contributed by atoms with Crippen LogP contribution in [-0.2, 0) is 0 Å². The monoisotopic (exact) mass is 369 g/mol. The Bertz CT molecular complexity index is 354. The van der Waals surface area contributed by atoms with Gasteiger partial charge in [-0.3, -0.25) is 0 Å².